The van der Waals surface area contributed by atoms with Gasteiger partial charge < -0.3 is 15.2 Å². The standard InChI is InChI=1S/C11H16N2O2/c1-13-9(10(14)11(12)15-2)8-6-4-3-5-7-8/h3-7,9-10,12-14H,1-2H3/p+1. The first kappa shape index (κ1) is 11.7. The summed E-state index contributed by atoms with van der Waals surface area (Å²) in [4.78, 5) is 0. The highest BCUT2D eigenvalue weighted by Crippen LogP contribution is 2.16. The third-order valence-corrected chi connectivity index (χ3v) is 2.31. The highest BCUT2D eigenvalue weighted by molar-refractivity contribution is 5.75. The van der Waals surface area contributed by atoms with Crippen LogP contribution in [0.3, 0.4) is 0 Å². The van der Waals surface area contributed by atoms with Gasteiger partial charge in [0.1, 0.15) is 0 Å². The summed E-state index contributed by atoms with van der Waals surface area (Å²) in [7, 11) is 3.21. The number of hydrogen-bond acceptors (Lipinski definition) is 3. The zero-order valence-corrected chi connectivity index (χ0v) is 8.97. The summed E-state index contributed by atoms with van der Waals surface area (Å²) < 4.78 is 4.82. The van der Waals surface area contributed by atoms with E-state index in [0.717, 1.165) is 5.56 Å². The van der Waals surface area contributed by atoms with E-state index in [1.54, 1.807) is 7.05 Å². The van der Waals surface area contributed by atoms with Gasteiger partial charge in [-0.2, -0.15) is 0 Å². The molecule has 0 aliphatic rings. The Labute approximate surface area is 89.4 Å². The molecule has 1 rings (SSSR count). The summed E-state index contributed by atoms with van der Waals surface area (Å²) in [5.41, 5.74) is 0.965. The Morgan fingerprint density at radius 1 is 1.40 bits per heavy atom. The van der Waals surface area contributed by atoms with Crippen LogP contribution in [0.15, 0.2) is 30.3 Å². The van der Waals surface area contributed by atoms with Gasteiger partial charge in [-0.15, -0.1) is 0 Å². The first-order chi connectivity index (χ1) is 7.20. The predicted octanol–water partition coefficient (Wildman–Crippen LogP) is -0.888. The highest BCUT2D eigenvalue weighted by Gasteiger charge is 2.27. The third kappa shape index (κ3) is 2.78. The lowest BCUT2D eigenvalue weighted by atomic mass is 10.0. The van der Waals surface area contributed by atoms with E-state index in [-0.39, 0.29) is 11.9 Å². The lowest BCUT2D eigenvalue weighted by Crippen LogP contribution is -2.52. The molecule has 0 saturated carbocycles. The molecule has 4 N–H and O–H groups in total. The van der Waals surface area contributed by atoms with Crippen LogP contribution in [0.1, 0.15) is 11.6 Å². The molecule has 4 nitrogen and oxygen atoms in total. The fraction of sp³-hybridized carbons (Fsp3) is 0.364. The molecule has 0 radical (unpaired) electrons. The van der Waals surface area contributed by atoms with Gasteiger partial charge in [-0.05, 0) is 12.6 Å². The number of aliphatic hydroxyl groups excluding tert-OH is 1. The molecule has 0 fully saturated rings. The van der Waals surface area contributed by atoms with E-state index in [1.807, 2.05) is 30.3 Å². The molecule has 0 heterocycles. The normalized spacial score (nSPS) is 14.3. The Bertz CT molecular complexity index is 314. The maximum atomic E-state index is 9.88. The summed E-state index contributed by atoms with van der Waals surface area (Å²) in [6, 6.07) is 9.34. The Hall–Kier alpha value is -1.39. The van der Waals surface area contributed by atoms with Crippen molar-refractivity contribution < 1.29 is 15.3 Å². The summed E-state index contributed by atoms with van der Waals surface area (Å²) in [5.74, 6) is 0.109. The van der Waals surface area contributed by atoms with E-state index in [9.17, 15) is 5.11 Å². The van der Waals surface area contributed by atoms with Gasteiger partial charge in [0, 0.05) is 0 Å². The fourth-order valence-corrected chi connectivity index (χ4v) is 1.45. The number of hydrogen-bond donors (Lipinski definition) is 3. The van der Waals surface area contributed by atoms with Gasteiger partial charge in [0.05, 0.1) is 13.2 Å². The molecular formula is C11H17N2O2+. The molecule has 0 spiro atoms. The summed E-state index contributed by atoms with van der Waals surface area (Å²) in [6.45, 7) is 0. The van der Waals surface area contributed by atoms with Crippen LogP contribution < -0.4 is 10.7 Å². The number of rotatable bonds is 4. The average molecular weight is 209 g/mol. The average Bonchev–Trinajstić information content (AvgIpc) is 2.30. The van der Waals surface area contributed by atoms with Crippen molar-refractivity contribution in [2.45, 2.75) is 12.1 Å². The predicted molar refractivity (Wildman–Crippen MR) is 58.2 cm³/mol. The van der Waals surface area contributed by atoms with Gasteiger partial charge in [0.25, 0.3) is 0 Å². The van der Waals surface area contributed by atoms with Crippen molar-refractivity contribution in [1.29, 1.82) is 0 Å². The van der Waals surface area contributed by atoms with Crippen molar-refractivity contribution in [2.75, 3.05) is 14.2 Å². The van der Waals surface area contributed by atoms with Crippen LogP contribution in [0.4, 0.5) is 0 Å². The van der Waals surface area contributed by atoms with Gasteiger partial charge in [0.2, 0.25) is 0 Å². The monoisotopic (exact) mass is 209 g/mol. The van der Waals surface area contributed by atoms with Gasteiger partial charge in [-0.3, -0.25) is 0 Å². The molecule has 0 amide bonds. The van der Waals surface area contributed by atoms with E-state index in [4.69, 9.17) is 10.1 Å². The van der Waals surface area contributed by atoms with Crippen LogP contribution in [-0.4, -0.2) is 31.3 Å². The van der Waals surface area contributed by atoms with Gasteiger partial charge in [-0.25, -0.2) is 5.41 Å². The Morgan fingerprint density at radius 3 is 2.47 bits per heavy atom. The van der Waals surface area contributed by atoms with Crippen molar-refractivity contribution >= 4 is 5.90 Å². The van der Waals surface area contributed by atoms with Gasteiger partial charge in [0.15, 0.2) is 6.10 Å². The Morgan fingerprint density at radius 2 is 2.00 bits per heavy atom. The van der Waals surface area contributed by atoms with E-state index < -0.39 is 6.10 Å². The number of benzene rings is 1. The Balaban J connectivity index is 2.85. The molecule has 1 aromatic rings. The first-order valence-electron chi connectivity index (χ1n) is 4.77. The maximum Gasteiger partial charge on any atom is 0.364 e. The SMILES string of the molecule is CNC(c1ccccc1)C(O)C(=[NH2+])OC. The largest absolute Gasteiger partial charge is 0.449 e. The smallest absolute Gasteiger partial charge is 0.364 e. The minimum atomic E-state index is -0.859. The number of ether oxygens (including phenoxy) is 1. The molecule has 82 valence electrons. The van der Waals surface area contributed by atoms with Crippen LogP contribution in [0.5, 0.6) is 0 Å². The molecule has 2 unspecified atom stereocenters. The van der Waals surface area contributed by atoms with Gasteiger partial charge in [-0.1, -0.05) is 30.3 Å². The molecule has 4 heteroatoms. The maximum absolute atomic E-state index is 9.88. The minimum absolute atomic E-state index is 0.109. The number of nitrogens with two attached hydrogens (primary N) is 1. The molecule has 0 saturated heterocycles. The molecule has 1 aromatic carbocycles. The van der Waals surface area contributed by atoms with Crippen molar-refractivity contribution in [3.05, 3.63) is 35.9 Å². The zero-order chi connectivity index (χ0) is 11.3. The van der Waals surface area contributed by atoms with Crippen molar-refractivity contribution in [3.8, 4) is 0 Å². The van der Waals surface area contributed by atoms with Crippen molar-refractivity contribution in [3.63, 3.8) is 0 Å². The third-order valence-electron chi connectivity index (χ3n) is 2.31. The van der Waals surface area contributed by atoms with Crippen molar-refractivity contribution in [2.24, 2.45) is 0 Å². The second-order valence-electron chi connectivity index (χ2n) is 3.23. The molecular weight excluding hydrogens is 192 g/mol. The second-order valence-corrected chi connectivity index (χ2v) is 3.23. The van der Waals surface area contributed by atoms with E-state index >= 15 is 0 Å². The lowest BCUT2D eigenvalue weighted by Gasteiger charge is -2.19. The lowest BCUT2D eigenvalue weighted by molar-refractivity contribution is -0.152. The van der Waals surface area contributed by atoms with Crippen molar-refractivity contribution in [1.82, 2.24) is 5.32 Å². The number of aliphatic hydroxyl groups is 1. The van der Waals surface area contributed by atoms with Crippen LogP contribution in [0.2, 0.25) is 0 Å². The van der Waals surface area contributed by atoms with E-state index in [1.165, 1.54) is 7.11 Å². The van der Waals surface area contributed by atoms with Crippen LogP contribution in [-0.2, 0) is 4.74 Å². The minimum Gasteiger partial charge on any atom is -0.449 e. The van der Waals surface area contributed by atoms with Crippen LogP contribution in [0, 0.1) is 0 Å². The zero-order valence-electron chi connectivity index (χ0n) is 8.97. The topological polar surface area (TPSA) is 67.1 Å². The van der Waals surface area contributed by atoms with E-state index in [0.29, 0.717) is 0 Å². The quantitative estimate of drug-likeness (QED) is 0.445. The summed E-state index contributed by atoms with van der Waals surface area (Å²) in [5, 5.41) is 18.4. The summed E-state index contributed by atoms with van der Waals surface area (Å²) >= 11 is 0. The van der Waals surface area contributed by atoms with Crippen LogP contribution in [0.25, 0.3) is 0 Å². The first-order valence-corrected chi connectivity index (χ1v) is 4.77. The highest BCUT2D eigenvalue weighted by atomic mass is 16.5. The summed E-state index contributed by atoms with van der Waals surface area (Å²) in [6.07, 6.45) is -0.859. The molecule has 0 aliphatic carbocycles. The molecule has 0 bridgehead atoms. The number of methoxy groups -OCH3 is 1. The molecule has 2 atom stereocenters. The second kappa shape index (κ2) is 5.48. The van der Waals surface area contributed by atoms with E-state index in [2.05, 4.69) is 5.32 Å². The fourth-order valence-electron chi connectivity index (χ4n) is 1.45. The molecule has 0 aliphatic heterocycles. The number of likely N-dealkylation sites (N-methyl/N-ethyl adjacent to an activating group) is 1. The molecule has 15 heavy (non-hydrogen) atoms. The Kier molecular flexibility index (Phi) is 4.27. The molecule has 0 aromatic heterocycles. The van der Waals surface area contributed by atoms with Crippen LogP contribution >= 0.6 is 0 Å². The van der Waals surface area contributed by atoms with Gasteiger partial charge >= 0.3 is 5.90 Å². The number of nitrogens with one attached hydrogen (secondary N) is 1.